The first-order chi connectivity index (χ1) is 10.3. The van der Waals surface area contributed by atoms with E-state index >= 15 is 0 Å². The highest BCUT2D eigenvalue weighted by Gasteiger charge is 2.20. The summed E-state index contributed by atoms with van der Waals surface area (Å²) >= 11 is 0. The third kappa shape index (κ3) is 4.05. The summed E-state index contributed by atoms with van der Waals surface area (Å²) in [5.74, 6) is -0.121. The molecule has 0 unspecified atom stereocenters. The maximum absolute atomic E-state index is 12.0. The number of amides is 1. The maximum atomic E-state index is 12.0. The van der Waals surface area contributed by atoms with Crippen LogP contribution in [0.2, 0.25) is 0 Å². The van der Waals surface area contributed by atoms with Gasteiger partial charge in [-0.05, 0) is 37.0 Å². The van der Waals surface area contributed by atoms with Crippen LogP contribution in [0.25, 0.3) is 0 Å². The number of rotatable bonds is 6. The van der Waals surface area contributed by atoms with Gasteiger partial charge in [-0.3, -0.25) is 4.79 Å². The van der Waals surface area contributed by atoms with Crippen molar-refractivity contribution in [3.63, 3.8) is 0 Å². The fourth-order valence-electron chi connectivity index (χ4n) is 2.13. The molecule has 4 heteroatoms. The Labute approximate surface area is 124 Å². The van der Waals surface area contributed by atoms with Gasteiger partial charge in [-0.2, -0.15) is 0 Å². The average molecular weight is 281 g/mol. The summed E-state index contributed by atoms with van der Waals surface area (Å²) in [5, 5.41) is 6.25. The van der Waals surface area contributed by atoms with Crippen molar-refractivity contribution in [2.45, 2.75) is 25.3 Å². The van der Waals surface area contributed by atoms with Gasteiger partial charge in [0.15, 0.2) is 0 Å². The second-order valence-corrected chi connectivity index (χ2v) is 5.34. The van der Waals surface area contributed by atoms with E-state index in [9.17, 15) is 4.79 Å². The smallest absolute Gasteiger partial charge is 0.269 e. The predicted molar refractivity (Wildman–Crippen MR) is 83.4 cm³/mol. The minimum absolute atomic E-state index is 0.121. The molecule has 1 heterocycles. The minimum Gasteiger partial charge on any atom is -0.381 e. The van der Waals surface area contributed by atoms with Gasteiger partial charge >= 0.3 is 0 Å². The summed E-state index contributed by atoms with van der Waals surface area (Å²) in [7, 11) is 0. The lowest BCUT2D eigenvalue weighted by Crippen LogP contribution is -2.26. The highest BCUT2D eigenvalue weighted by molar-refractivity contribution is 5.92. The monoisotopic (exact) mass is 281 g/mol. The van der Waals surface area contributed by atoms with E-state index in [2.05, 4.69) is 27.8 Å². The normalized spacial score (nSPS) is 13.7. The molecule has 108 valence electrons. The summed E-state index contributed by atoms with van der Waals surface area (Å²) < 4.78 is 0. The van der Waals surface area contributed by atoms with Crippen LogP contribution in [0.1, 0.15) is 28.9 Å². The lowest BCUT2D eigenvalue weighted by molar-refractivity contribution is 0.0949. The SMILES string of the molecule is O=C(NCCc1ccccc1)c1ccc(NC2CC2)cn1. The quantitative estimate of drug-likeness (QED) is 0.856. The highest BCUT2D eigenvalue weighted by atomic mass is 16.1. The fourth-order valence-corrected chi connectivity index (χ4v) is 2.13. The Kier molecular flexibility index (Phi) is 4.15. The van der Waals surface area contributed by atoms with Crippen molar-refractivity contribution in [3.05, 3.63) is 59.9 Å². The molecule has 1 aliphatic rings. The molecule has 1 fully saturated rings. The Morgan fingerprint density at radius 2 is 1.95 bits per heavy atom. The number of carbonyl (C=O) groups is 1. The topological polar surface area (TPSA) is 54.0 Å². The molecular weight excluding hydrogens is 262 g/mol. The zero-order chi connectivity index (χ0) is 14.5. The van der Waals surface area contributed by atoms with Crippen LogP contribution in [-0.4, -0.2) is 23.5 Å². The summed E-state index contributed by atoms with van der Waals surface area (Å²) in [6.07, 6.45) is 5.00. The van der Waals surface area contributed by atoms with Crippen LogP contribution < -0.4 is 10.6 Å². The van der Waals surface area contributed by atoms with Gasteiger partial charge in [-0.15, -0.1) is 0 Å². The molecule has 3 rings (SSSR count). The number of nitrogens with zero attached hydrogens (tertiary/aromatic N) is 1. The Hall–Kier alpha value is -2.36. The molecule has 2 aromatic rings. The zero-order valence-corrected chi connectivity index (χ0v) is 11.9. The molecule has 1 aliphatic carbocycles. The number of hydrogen-bond acceptors (Lipinski definition) is 3. The van der Waals surface area contributed by atoms with E-state index in [1.807, 2.05) is 24.3 Å². The fraction of sp³-hybridized carbons (Fsp3) is 0.294. The molecule has 1 amide bonds. The van der Waals surface area contributed by atoms with Crippen molar-refractivity contribution in [1.82, 2.24) is 10.3 Å². The number of carbonyl (C=O) groups excluding carboxylic acids is 1. The first-order valence-corrected chi connectivity index (χ1v) is 7.36. The van der Waals surface area contributed by atoms with E-state index in [0.29, 0.717) is 18.3 Å². The number of benzene rings is 1. The van der Waals surface area contributed by atoms with E-state index < -0.39 is 0 Å². The summed E-state index contributed by atoms with van der Waals surface area (Å²) in [5.41, 5.74) is 2.66. The predicted octanol–water partition coefficient (Wildman–Crippen LogP) is 2.63. The van der Waals surface area contributed by atoms with Crippen LogP contribution in [0.3, 0.4) is 0 Å². The lowest BCUT2D eigenvalue weighted by atomic mass is 10.1. The molecule has 1 saturated carbocycles. The zero-order valence-electron chi connectivity index (χ0n) is 11.9. The first-order valence-electron chi connectivity index (χ1n) is 7.36. The molecule has 21 heavy (non-hydrogen) atoms. The Bertz CT molecular complexity index is 591. The number of aromatic nitrogens is 1. The number of nitrogens with one attached hydrogen (secondary N) is 2. The van der Waals surface area contributed by atoms with Crippen molar-refractivity contribution >= 4 is 11.6 Å². The largest absolute Gasteiger partial charge is 0.381 e. The molecule has 2 N–H and O–H groups in total. The highest BCUT2D eigenvalue weighted by Crippen LogP contribution is 2.24. The van der Waals surface area contributed by atoms with E-state index in [0.717, 1.165) is 12.1 Å². The third-order valence-electron chi connectivity index (χ3n) is 3.49. The summed E-state index contributed by atoms with van der Waals surface area (Å²) in [4.78, 5) is 16.2. The third-order valence-corrected chi connectivity index (χ3v) is 3.49. The molecule has 1 aromatic carbocycles. The molecular formula is C17H19N3O. The number of anilines is 1. The Morgan fingerprint density at radius 3 is 2.62 bits per heavy atom. The molecule has 0 bridgehead atoms. The molecule has 0 atom stereocenters. The van der Waals surface area contributed by atoms with Crippen LogP contribution in [0.4, 0.5) is 5.69 Å². The van der Waals surface area contributed by atoms with E-state index in [-0.39, 0.29) is 5.91 Å². The second kappa shape index (κ2) is 6.39. The molecule has 0 saturated heterocycles. The Balaban J connectivity index is 1.48. The number of pyridine rings is 1. The molecule has 4 nitrogen and oxygen atoms in total. The molecule has 0 aliphatic heterocycles. The maximum Gasteiger partial charge on any atom is 0.269 e. The number of hydrogen-bond donors (Lipinski definition) is 2. The van der Waals surface area contributed by atoms with Gasteiger partial charge in [-0.1, -0.05) is 30.3 Å². The average Bonchev–Trinajstić information content (AvgIpc) is 3.33. The van der Waals surface area contributed by atoms with Crippen molar-refractivity contribution in [3.8, 4) is 0 Å². The molecule has 1 aromatic heterocycles. The molecule has 0 radical (unpaired) electrons. The van der Waals surface area contributed by atoms with Crippen LogP contribution in [-0.2, 0) is 6.42 Å². The summed E-state index contributed by atoms with van der Waals surface area (Å²) in [6, 6.07) is 14.4. The van der Waals surface area contributed by atoms with Crippen molar-refractivity contribution < 1.29 is 4.79 Å². The van der Waals surface area contributed by atoms with Gasteiger partial charge in [0.2, 0.25) is 0 Å². The van der Waals surface area contributed by atoms with Gasteiger partial charge in [0, 0.05) is 12.6 Å². The van der Waals surface area contributed by atoms with E-state index in [1.54, 1.807) is 12.3 Å². The minimum atomic E-state index is -0.121. The lowest BCUT2D eigenvalue weighted by Gasteiger charge is -2.07. The first kappa shape index (κ1) is 13.6. The van der Waals surface area contributed by atoms with E-state index in [1.165, 1.54) is 18.4 Å². The Morgan fingerprint density at radius 1 is 1.14 bits per heavy atom. The van der Waals surface area contributed by atoms with Gasteiger partial charge in [0.1, 0.15) is 5.69 Å². The van der Waals surface area contributed by atoms with Crippen LogP contribution in [0, 0.1) is 0 Å². The van der Waals surface area contributed by atoms with Crippen molar-refractivity contribution in [1.29, 1.82) is 0 Å². The van der Waals surface area contributed by atoms with Crippen molar-refractivity contribution in [2.75, 3.05) is 11.9 Å². The van der Waals surface area contributed by atoms with Crippen molar-refractivity contribution in [2.24, 2.45) is 0 Å². The van der Waals surface area contributed by atoms with E-state index in [4.69, 9.17) is 0 Å². The van der Waals surface area contributed by atoms with Crippen LogP contribution in [0.5, 0.6) is 0 Å². The van der Waals surface area contributed by atoms with Gasteiger partial charge < -0.3 is 10.6 Å². The van der Waals surface area contributed by atoms with Gasteiger partial charge in [0.25, 0.3) is 5.91 Å². The van der Waals surface area contributed by atoms with Crippen LogP contribution in [0.15, 0.2) is 48.7 Å². The standard InChI is InChI=1S/C17H19N3O/c21-17(18-11-10-13-4-2-1-3-5-13)16-9-8-15(12-19-16)20-14-6-7-14/h1-5,8-9,12,14,20H,6-7,10-11H2,(H,18,21). The van der Waals surface area contributed by atoms with Gasteiger partial charge in [0.05, 0.1) is 11.9 Å². The van der Waals surface area contributed by atoms with Crippen LogP contribution >= 0.6 is 0 Å². The second-order valence-electron chi connectivity index (χ2n) is 5.34. The summed E-state index contributed by atoms with van der Waals surface area (Å²) in [6.45, 7) is 0.618. The van der Waals surface area contributed by atoms with Gasteiger partial charge in [-0.25, -0.2) is 4.98 Å². The molecule has 0 spiro atoms.